The van der Waals surface area contributed by atoms with Gasteiger partial charge in [0.05, 0.1) is 12.4 Å². The molecule has 2 N–H and O–H groups in total. The van der Waals surface area contributed by atoms with Crippen LogP contribution >= 0.6 is 15.9 Å². The number of phenolic OH excluding ortho intramolecular Hbond substituents is 1. The number of rotatable bonds is 11. The number of halogens is 1. The first-order valence-electron chi connectivity index (χ1n) is 18.4. The molecule has 0 heterocycles. The molecule has 6 aromatic carbocycles. The number of aromatic hydroxyl groups is 1. The number of hydrogen-bond donors (Lipinski definition) is 2. The van der Waals surface area contributed by atoms with Crippen LogP contribution in [0.5, 0.6) is 11.5 Å². The molecule has 0 bridgehead atoms. The molecule has 0 saturated carbocycles. The summed E-state index contributed by atoms with van der Waals surface area (Å²) < 4.78 is 10.5. The fourth-order valence-electron chi connectivity index (χ4n) is 4.30. The Kier molecular flexibility index (Phi) is 45.2. The van der Waals surface area contributed by atoms with Gasteiger partial charge in [-0.15, -0.1) is 46.8 Å². The van der Waals surface area contributed by atoms with E-state index in [0.717, 1.165) is 22.4 Å². The van der Waals surface area contributed by atoms with Crippen LogP contribution in [0.3, 0.4) is 0 Å². The zero-order chi connectivity index (χ0) is 41.7. The molecule has 0 aliphatic carbocycles. The molecule has 63 heavy (non-hydrogen) atoms. The molecule has 0 aliphatic heterocycles. The van der Waals surface area contributed by atoms with Gasteiger partial charge in [0, 0.05) is 71.0 Å². The molecule has 6 aromatic rings. The molecule has 11 heteroatoms. The zero-order valence-electron chi connectivity index (χ0n) is 33.8. The molecule has 334 valence electrons. The van der Waals surface area contributed by atoms with Gasteiger partial charge in [0.15, 0.2) is 0 Å². The van der Waals surface area contributed by atoms with Crippen molar-refractivity contribution in [2.45, 2.75) is 75.3 Å². The maximum atomic E-state index is 11.5. The first-order chi connectivity index (χ1) is 27.8. The van der Waals surface area contributed by atoms with Crippen molar-refractivity contribution in [1.82, 2.24) is 0 Å². The Morgan fingerprint density at radius 2 is 1.02 bits per heavy atom. The number of aliphatic imine (C=N–C) groups is 2. The van der Waals surface area contributed by atoms with E-state index in [1.807, 2.05) is 100 Å². The number of ether oxygens (including phenoxy) is 2. The molecular weight excluding hydrogens is 1010 g/mol. The number of phenols is 1. The first kappa shape index (κ1) is 68.0. The van der Waals surface area contributed by atoms with Gasteiger partial charge in [-0.2, -0.15) is 48.5 Å². The number of esters is 1. The van der Waals surface area contributed by atoms with Crippen molar-refractivity contribution in [1.29, 1.82) is 0 Å². The Hall–Kier alpha value is -4.11. The Morgan fingerprint density at radius 1 is 0.619 bits per heavy atom. The van der Waals surface area contributed by atoms with Gasteiger partial charge < -0.3 is 29.7 Å². The maximum Gasteiger partial charge on any atom is 0.349 e. The SMILES string of the molecule is C.C.C.C.CC.CC.CCOC(=O)C(Br)c1ccccc1.O=C(O)C(Oc1ccc([C-]=Nc2[c-]cccc2)cc1)c1ccccc1.Oc1ccc([C-]=Nc2[c-]cccc2)cc1.[Y].[Y]. The summed E-state index contributed by atoms with van der Waals surface area (Å²) in [6.07, 6.45) is 4.74. The van der Waals surface area contributed by atoms with Crippen molar-refractivity contribution in [3.05, 3.63) is 192 Å². The fraction of sp³-hybridized carbons (Fsp3) is 0.231. The average molecular weight is 1070 g/mol. The Balaban J connectivity index is -0.000000258. The van der Waals surface area contributed by atoms with E-state index in [4.69, 9.17) is 14.6 Å². The standard InChI is InChI=1S/C21H15NO3.C13H9NO.C10H11BrO2.2C2H6.4CH4.2Y/c23-21(24)20(17-7-3-1-4-8-17)25-19-13-11-16(12-14-19)15-22-18-9-5-2-6-10-18;15-13-8-6-11(7-9-13)10-14-12-4-2-1-3-5-12;1-2-13-10(12)9(11)8-6-4-3-5-7-8;2*1-2;;;;;;/h1-9,11-14,20H,(H,23,24);1-4,6-9,15H;3-7,9H,2H2,1H3;2*1-2H3;4*1H4;;/q2*-2;;;;;;;;;. The number of carboxylic acid groups (broad SMARTS) is 1. The number of carbonyl (C=O) groups excluding carboxylic acids is 1. The molecule has 6 rings (SSSR count). The van der Waals surface area contributed by atoms with E-state index in [2.05, 4.69) is 50.5 Å². The van der Waals surface area contributed by atoms with Crippen LogP contribution in [-0.4, -0.2) is 41.2 Å². The second-order valence-electron chi connectivity index (χ2n) is 10.8. The van der Waals surface area contributed by atoms with Gasteiger partial charge in [-0.05, 0) is 24.9 Å². The summed E-state index contributed by atoms with van der Waals surface area (Å²) in [5.41, 5.74) is 4.53. The topological polar surface area (TPSA) is 118 Å². The van der Waals surface area contributed by atoms with Gasteiger partial charge in [0.2, 0.25) is 6.10 Å². The van der Waals surface area contributed by atoms with Crippen LogP contribution in [0.2, 0.25) is 0 Å². The summed E-state index contributed by atoms with van der Waals surface area (Å²) in [6.45, 7) is 10.2. The van der Waals surface area contributed by atoms with E-state index in [0.29, 0.717) is 23.6 Å². The minimum atomic E-state index is -1.05. The van der Waals surface area contributed by atoms with Crippen molar-refractivity contribution < 1.29 is 94.7 Å². The Bertz CT molecular complexity index is 2020. The molecule has 0 saturated heterocycles. The number of para-hydroxylation sites is 2. The van der Waals surface area contributed by atoms with Gasteiger partial charge in [-0.3, -0.25) is 4.79 Å². The van der Waals surface area contributed by atoms with Crippen LogP contribution in [0, 0.1) is 12.1 Å². The third-order valence-electron chi connectivity index (χ3n) is 6.88. The van der Waals surface area contributed by atoms with Gasteiger partial charge in [-0.25, -0.2) is 16.9 Å². The number of nitrogens with zero attached hydrogens (tertiary/aromatic N) is 2. The molecule has 0 spiro atoms. The second kappa shape index (κ2) is 41.9. The summed E-state index contributed by atoms with van der Waals surface area (Å²) in [7, 11) is 0. The average Bonchev–Trinajstić information content (AvgIpc) is 3.28. The van der Waals surface area contributed by atoms with Crippen molar-refractivity contribution in [3.8, 4) is 11.5 Å². The maximum absolute atomic E-state index is 11.5. The van der Waals surface area contributed by atoms with Crippen LogP contribution in [0.4, 0.5) is 11.4 Å². The second-order valence-corrected chi connectivity index (χ2v) is 11.7. The predicted molar refractivity (Wildman–Crippen MR) is 259 cm³/mol. The Morgan fingerprint density at radius 3 is 1.40 bits per heavy atom. The van der Waals surface area contributed by atoms with E-state index in [9.17, 15) is 14.7 Å². The summed E-state index contributed by atoms with van der Waals surface area (Å²) in [6, 6.07) is 52.7. The van der Waals surface area contributed by atoms with Crippen LogP contribution in [0.15, 0.2) is 168 Å². The van der Waals surface area contributed by atoms with Crippen molar-refractivity contribution >= 4 is 51.7 Å². The molecular formula is C52H63BrN2O6Y2-4. The number of alkyl halides is 1. The predicted octanol–water partition coefficient (Wildman–Crippen LogP) is 14.4. The van der Waals surface area contributed by atoms with Gasteiger partial charge in [0.1, 0.15) is 10.6 Å². The van der Waals surface area contributed by atoms with E-state index in [1.165, 1.54) is 0 Å². The van der Waals surface area contributed by atoms with Gasteiger partial charge >= 0.3 is 11.9 Å². The van der Waals surface area contributed by atoms with E-state index < -0.39 is 12.1 Å². The minimum absolute atomic E-state index is 0. The quantitative estimate of drug-likeness (QED) is 0.0578. The molecule has 0 aromatic heterocycles. The van der Waals surface area contributed by atoms with E-state index >= 15 is 0 Å². The van der Waals surface area contributed by atoms with Crippen LogP contribution in [-0.2, 0) is 79.7 Å². The Labute approximate surface area is 437 Å². The smallest absolute Gasteiger partial charge is 0.349 e. The number of hydrogen-bond acceptors (Lipinski definition) is 7. The van der Waals surface area contributed by atoms with Crippen molar-refractivity contribution in [3.63, 3.8) is 0 Å². The van der Waals surface area contributed by atoms with Gasteiger partial charge in [0.25, 0.3) is 0 Å². The monoisotopic (exact) mass is 1070 g/mol. The summed E-state index contributed by atoms with van der Waals surface area (Å²) in [4.78, 5) is 30.7. The number of benzene rings is 6. The summed E-state index contributed by atoms with van der Waals surface area (Å²) in [5.74, 6) is -0.573. The number of carboxylic acids is 1. The molecule has 0 fully saturated rings. The van der Waals surface area contributed by atoms with Crippen molar-refractivity contribution in [2.75, 3.05) is 6.61 Å². The third-order valence-corrected chi connectivity index (χ3v) is 7.79. The zero-order valence-corrected chi connectivity index (χ0v) is 41.1. The molecule has 2 unspecified atom stereocenters. The van der Waals surface area contributed by atoms with Crippen LogP contribution in [0.25, 0.3) is 0 Å². The van der Waals surface area contributed by atoms with Crippen molar-refractivity contribution in [2.24, 2.45) is 9.98 Å². The number of aliphatic carboxylic acids is 1. The molecule has 0 aliphatic rings. The summed E-state index contributed by atoms with van der Waals surface area (Å²) in [5, 5.41) is 18.5. The van der Waals surface area contributed by atoms with Crippen LogP contribution < -0.4 is 4.74 Å². The molecule has 0 amide bonds. The number of carbonyl (C=O) groups is 2. The first-order valence-corrected chi connectivity index (χ1v) is 19.3. The normalized spacial score (nSPS) is 10.0. The molecule has 2 radical (unpaired) electrons. The fourth-order valence-corrected chi connectivity index (χ4v) is 4.74. The van der Waals surface area contributed by atoms with E-state index in [-0.39, 0.29) is 112 Å². The summed E-state index contributed by atoms with van der Waals surface area (Å²) >= 11 is 3.28. The third kappa shape index (κ3) is 27.6. The molecule has 8 nitrogen and oxygen atoms in total. The largest absolute Gasteiger partial charge is 0.510 e. The molecule has 2 atom stereocenters. The minimum Gasteiger partial charge on any atom is -0.510 e. The van der Waals surface area contributed by atoms with Crippen LogP contribution in [0.1, 0.15) is 97.5 Å². The van der Waals surface area contributed by atoms with Gasteiger partial charge in [-0.1, -0.05) is 158 Å². The van der Waals surface area contributed by atoms with E-state index in [1.54, 1.807) is 91.9 Å².